The molecule has 0 radical (unpaired) electrons. The van der Waals surface area contributed by atoms with Crippen LogP contribution in [0.3, 0.4) is 0 Å². The molecule has 1 aliphatic rings. The second-order valence-electron chi connectivity index (χ2n) is 7.88. The van der Waals surface area contributed by atoms with Gasteiger partial charge in [-0.25, -0.2) is 17.9 Å². The molecule has 0 aliphatic carbocycles. The molecule has 0 spiro atoms. The van der Waals surface area contributed by atoms with Gasteiger partial charge in [0.15, 0.2) is 5.82 Å². The van der Waals surface area contributed by atoms with Crippen LogP contribution in [0.25, 0.3) is 10.8 Å². The van der Waals surface area contributed by atoms with Gasteiger partial charge in [-0.05, 0) is 19.8 Å². The Morgan fingerprint density at radius 2 is 1.84 bits per heavy atom. The number of anilines is 1. The van der Waals surface area contributed by atoms with Gasteiger partial charge >= 0.3 is 0 Å². The third-order valence-electron chi connectivity index (χ3n) is 5.81. The van der Waals surface area contributed by atoms with Crippen molar-refractivity contribution in [3.05, 3.63) is 68.1 Å². The molecule has 7 nitrogen and oxygen atoms in total. The first-order valence-electron chi connectivity index (χ1n) is 10.3. The van der Waals surface area contributed by atoms with Gasteiger partial charge in [0.1, 0.15) is 5.82 Å². The molecule has 3 aromatic rings. The quantitative estimate of drug-likeness (QED) is 0.644. The molecule has 1 aromatic carbocycles. The van der Waals surface area contributed by atoms with Crippen LogP contribution in [-0.4, -0.2) is 27.6 Å². The summed E-state index contributed by atoms with van der Waals surface area (Å²) >= 11 is 0. The molecule has 0 saturated carbocycles. The van der Waals surface area contributed by atoms with Crippen molar-refractivity contribution in [1.82, 2.24) is 14.3 Å². The number of pyridine rings is 1. The normalized spacial score (nSPS) is 15.9. The summed E-state index contributed by atoms with van der Waals surface area (Å²) in [5.41, 5.74) is -1.38. The number of benzene rings is 1. The van der Waals surface area contributed by atoms with Crippen molar-refractivity contribution in [3.8, 4) is 0 Å². The van der Waals surface area contributed by atoms with E-state index < -0.39 is 29.4 Å². The van der Waals surface area contributed by atoms with E-state index in [1.54, 1.807) is 17.7 Å². The van der Waals surface area contributed by atoms with Gasteiger partial charge in [-0.3, -0.25) is 9.59 Å². The molecule has 1 fully saturated rings. The minimum absolute atomic E-state index is 0.0457. The average Bonchev–Trinajstić information content (AvgIpc) is 2.77. The van der Waals surface area contributed by atoms with Gasteiger partial charge < -0.3 is 14.6 Å². The Hall–Kier alpha value is -3.14. The third kappa shape index (κ3) is 4.02. The highest BCUT2D eigenvalue weighted by Gasteiger charge is 2.22. The second-order valence-corrected chi connectivity index (χ2v) is 7.88. The number of rotatable bonds is 5. The third-order valence-corrected chi connectivity index (χ3v) is 5.81. The molecule has 170 valence electrons. The van der Waals surface area contributed by atoms with E-state index >= 15 is 0 Å². The highest BCUT2D eigenvalue weighted by molar-refractivity contribution is 5.90. The van der Waals surface area contributed by atoms with Crippen molar-refractivity contribution < 1.29 is 17.9 Å². The number of aromatic nitrogens is 3. The number of halogens is 3. The predicted octanol–water partition coefficient (Wildman–Crippen LogP) is 3.70. The van der Waals surface area contributed by atoms with Crippen LogP contribution < -0.4 is 16.4 Å². The van der Waals surface area contributed by atoms with Crippen molar-refractivity contribution in [2.75, 3.05) is 18.5 Å². The van der Waals surface area contributed by atoms with Gasteiger partial charge in [0, 0.05) is 49.5 Å². The van der Waals surface area contributed by atoms with Crippen molar-refractivity contribution in [2.45, 2.75) is 38.3 Å². The van der Waals surface area contributed by atoms with E-state index in [9.17, 15) is 22.8 Å². The highest BCUT2D eigenvalue weighted by atomic mass is 19.3. The Labute approximate surface area is 181 Å². The fourth-order valence-corrected chi connectivity index (χ4v) is 4.05. The summed E-state index contributed by atoms with van der Waals surface area (Å²) in [5.74, 6) is -0.743. The maximum absolute atomic E-state index is 14.6. The van der Waals surface area contributed by atoms with E-state index in [0.717, 1.165) is 10.7 Å². The molecule has 3 heterocycles. The minimum atomic E-state index is -2.94. The van der Waals surface area contributed by atoms with Crippen molar-refractivity contribution in [2.24, 2.45) is 7.05 Å². The molecule has 1 N–H and O–H groups in total. The summed E-state index contributed by atoms with van der Waals surface area (Å²) in [6.45, 7) is 2.68. The number of fused-ring (bicyclic) bond motifs is 1. The maximum Gasteiger partial charge on any atom is 0.274 e. The standard InChI is InChI=1S/C22H23F3N4O3/c1-12(14-4-3-5-15(19(14)23)20(24)25)26-21-17-11-29(13-6-8-32-9-7-13)18(30)10-16(17)22(31)28(2)27-21/h3-5,10-13,20H,6-9H2,1-2H3,(H,26,27)/t12-/m1/s1. The first-order chi connectivity index (χ1) is 15.3. The van der Waals surface area contributed by atoms with Crippen LogP contribution in [0.1, 0.15) is 49.4 Å². The molecule has 0 unspecified atom stereocenters. The minimum Gasteiger partial charge on any atom is -0.381 e. The second kappa shape index (κ2) is 8.78. The monoisotopic (exact) mass is 448 g/mol. The summed E-state index contributed by atoms with van der Waals surface area (Å²) in [6, 6.07) is 4.31. The molecule has 32 heavy (non-hydrogen) atoms. The number of hydrogen-bond donors (Lipinski definition) is 1. The fraction of sp³-hybridized carbons (Fsp3) is 0.409. The number of nitrogens with one attached hydrogen (secondary N) is 1. The molecule has 4 rings (SSSR count). The van der Waals surface area contributed by atoms with E-state index in [-0.39, 0.29) is 28.4 Å². The zero-order valence-electron chi connectivity index (χ0n) is 17.6. The van der Waals surface area contributed by atoms with Crippen molar-refractivity contribution in [3.63, 3.8) is 0 Å². The smallest absolute Gasteiger partial charge is 0.274 e. The van der Waals surface area contributed by atoms with Crippen LogP contribution in [0.4, 0.5) is 19.0 Å². The molecule has 1 atom stereocenters. The zero-order chi connectivity index (χ0) is 23.0. The summed E-state index contributed by atoms with van der Waals surface area (Å²) in [7, 11) is 1.44. The van der Waals surface area contributed by atoms with Gasteiger partial charge in [-0.1, -0.05) is 18.2 Å². The van der Waals surface area contributed by atoms with Gasteiger partial charge in [0.25, 0.3) is 17.5 Å². The SMILES string of the molecule is C[C@@H](Nc1nn(C)c(=O)c2cc(=O)n(C3CCOCC3)cc12)c1cccc(C(F)F)c1F. The molecular formula is C22H23F3N4O3. The summed E-state index contributed by atoms with van der Waals surface area (Å²) < 4.78 is 48.9. The van der Waals surface area contributed by atoms with E-state index in [4.69, 9.17) is 4.74 Å². The van der Waals surface area contributed by atoms with Crippen molar-refractivity contribution >= 4 is 16.6 Å². The Bertz CT molecular complexity index is 1270. The van der Waals surface area contributed by atoms with Gasteiger partial charge in [0.05, 0.1) is 17.0 Å². The largest absolute Gasteiger partial charge is 0.381 e. The lowest BCUT2D eigenvalue weighted by atomic mass is 10.0. The van der Waals surface area contributed by atoms with Crippen LogP contribution in [-0.2, 0) is 11.8 Å². The molecule has 0 amide bonds. The van der Waals surface area contributed by atoms with Gasteiger partial charge in [-0.2, -0.15) is 5.10 Å². The molecule has 0 bridgehead atoms. The van der Waals surface area contributed by atoms with E-state index in [2.05, 4.69) is 10.4 Å². The van der Waals surface area contributed by atoms with Crippen LogP contribution >= 0.6 is 0 Å². The van der Waals surface area contributed by atoms with E-state index in [0.29, 0.717) is 31.4 Å². The molecular weight excluding hydrogens is 425 g/mol. The number of hydrogen-bond acceptors (Lipinski definition) is 5. The number of aryl methyl sites for hydroxylation is 1. The number of alkyl halides is 2. The topological polar surface area (TPSA) is 78.2 Å². The fourth-order valence-electron chi connectivity index (χ4n) is 4.05. The lowest BCUT2D eigenvalue weighted by molar-refractivity contribution is 0.0688. The number of nitrogens with zero attached hydrogens (tertiary/aromatic N) is 3. The van der Waals surface area contributed by atoms with Gasteiger partial charge in [-0.15, -0.1) is 0 Å². The summed E-state index contributed by atoms with van der Waals surface area (Å²) in [6.07, 6.45) is -0.0287. The molecule has 10 heteroatoms. The molecule has 1 saturated heterocycles. The summed E-state index contributed by atoms with van der Waals surface area (Å²) in [4.78, 5) is 25.3. The zero-order valence-corrected chi connectivity index (χ0v) is 17.6. The Kier molecular flexibility index (Phi) is 6.05. The molecule has 2 aromatic heterocycles. The van der Waals surface area contributed by atoms with E-state index in [1.165, 1.54) is 25.2 Å². The predicted molar refractivity (Wildman–Crippen MR) is 114 cm³/mol. The lowest BCUT2D eigenvalue weighted by Crippen LogP contribution is -2.30. The van der Waals surface area contributed by atoms with Crippen LogP contribution in [0, 0.1) is 5.82 Å². The number of ether oxygens (including phenoxy) is 1. The van der Waals surface area contributed by atoms with Crippen LogP contribution in [0.15, 0.2) is 40.1 Å². The summed E-state index contributed by atoms with van der Waals surface area (Å²) in [5, 5.41) is 7.85. The van der Waals surface area contributed by atoms with Gasteiger partial charge in [0.2, 0.25) is 0 Å². The van der Waals surface area contributed by atoms with E-state index in [1.807, 2.05) is 0 Å². The highest BCUT2D eigenvalue weighted by Crippen LogP contribution is 2.30. The van der Waals surface area contributed by atoms with Crippen LogP contribution in [0.2, 0.25) is 0 Å². The Balaban J connectivity index is 1.80. The first kappa shape index (κ1) is 22.1. The lowest BCUT2D eigenvalue weighted by Gasteiger charge is -2.25. The average molecular weight is 448 g/mol. The van der Waals surface area contributed by atoms with Crippen molar-refractivity contribution in [1.29, 1.82) is 0 Å². The maximum atomic E-state index is 14.6. The Morgan fingerprint density at radius 1 is 1.16 bits per heavy atom. The first-order valence-corrected chi connectivity index (χ1v) is 10.3. The van der Waals surface area contributed by atoms with Crippen LogP contribution in [0.5, 0.6) is 0 Å². The molecule has 1 aliphatic heterocycles. The Morgan fingerprint density at radius 3 is 2.53 bits per heavy atom.